The molecule has 29 heavy (non-hydrogen) atoms. The Morgan fingerprint density at radius 2 is 1.48 bits per heavy atom. The van der Waals surface area contributed by atoms with E-state index in [1.54, 1.807) is 0 Å². The Bertz CT molecular complexity index is 919. The van der Waals surface area contributed by atoms with Gasteiger partial charge in [0.2, 0.25) is 0 Å². The third-order valence-electron chi connectivity index (χ3n) is 5.36. The second-order valence-electron chi connectivity index (χ2n) is 7.58. The molecule has 3 aromatic carbocycles. The Kier molecular flexibility index (Phi) is 6.22. The first-order valence-electron chi connectivity index (χ1n) is 10.3. The van der Waals surface area contributed by atoms with Crippen LogP contribution in [0.1, 0.15) is 28.8 Å². The van der Waals surface area contributed by atoms with Crippen LogP contribution < -0.4 is 10.6 Å². The fourth-order valence-electron chi connectivity index (χ4n) is 3.77. The van der Waals surface area contributed by atoms with Gasteiger partial charge in [0, 0.05) is 42.6 Å². The molecule has 0 spiro atoms. The minimum Gasteiger partial charge on any atom is -0.356 e. The van der Waals surface area contributed by atoms with Gasteiger partial charge < -0.3 is 10.6 Å². The number of benzene rings is 3. The van der Waals surface area contributed by atoms with Gasteiger partial charge in [-0.25, -0.2) is 0 Å². The molecule has 4 nitrogen and oxygen atoms in total. The third kappa shape index (κ3) is 5.46. The molecule has 2 N–H and O–H groups in total. The molecule has 0 unspecified atom stereocenters. The maximum atomic E-state index is 12.7. The largest absolute Gasteiger partial charge is 0.356 e. The molecule has 4 rings (SSSR count). The Morgan fingerprint density at radius 1 is 0.828 bits per heavy atom. The van der Waals surface area contributed by atoms with Crippen LogP contribution in [0, 0.1) is 0 Å². The van der Waals surface area contributed by atoms with E-state index >= 15 is 0 Å². The van der Waals surface area contributed by atoms with Gasteiger partial charge in [0.05, 0.1) is 0 Å². The van der Waals surface area contributed by atoms with Gasteiger partial charge in [-0.15, -0.1) is 0 Å². The molecule has 4 heteroatoms. The molecular weight excluding hydrogens is 358 g/mol. The first-order valence-corrected chi connectivity index (χ1v) is 10.3. The standard InChI is InChI=1S/C25H27N3O/c29-25(21-10-7-13-24(18-21)26-22-11-5-2-6-12-22)27-23-14-16-28(17-15-23)19-20-8-3-1-4-9-20/h1-13,18,23,26H,14-17,19H2,(H,27,29). The lowest BCUT2D eigenvalue weighted by molar-refractivity contribution is 0.0909. The van der Waals surface area contributed by atoms with E-state index in [4.69, 9.17) is 0 Å². The summed E-state index contributed by atoms with van der Waals surface area (Å²) >= 11 is 0. The van der Waals surface area contributed by atoms with Crippen molar-refractivity contribution in [2.75, 3.05) is 18.4 Å². The molecule has 0 aliphatic carbocycles. The van der Waals surface area contributed by atoms with Gasteiger partial charge in [0.25, 0.3) is 5.91 Å². The van der Waals surface area contributed by atoms with E-state index in [2.05, 4.69) is 45.9 Å². The number of carbonyl (C=O) groups excluding carboxylic acids is 1. The van der Waals surface area contributed by atoms with E-state index in [1.807, 2.05) is 54.6 Å². The van der Waals surface area contributed by atoms with Gasteiger partial charge in [-0.3, -0.25) is 9.69 Å². The van der Waals surface area contributed by atoms with Gasteiger partial charge in [-0.2, -0.15) is 0 Å². The highest BCUT2D eigenvalue weighted by Gasteiger charge is 2.21. The summed E-state index contributed by atoms with van der Waals surface area (Å²) in [5.74, 6) is 0.00298. The molecule has 0 bridgehead atoms. The smallest absolute Gasteiger partial charge is 0.251 e. The first-order chi connectivity index (χ1) is 14.3. The molecule has 1 aliphatic rings. The molecule has 1 saturated heterocycles. The van der Waals surface area contributed by atoms with Crippen LogP contribution in [-0.4, -0.2) is 29.9 Å². The summed E-state index contributed by atoms with van der Waals surface area (Å²) in [6.07, 6.45) is 1.97. The number of rotatable bonds is 6. The van der Waals surface area contributed by atoms with E-state index < -0.39 is 0 Å². The van der Waals surface area contributed by atoms with E-state index in [-0.39, 0.29) is 11.9 Å². The van der Waals surface area contributed by atoms with Crippen molar-refractivity contribution in [3.8, 4) is 0 Å². The van der Waals surface area contributed by atoms with Crippen molar-refractivity contribution in [2.24, 2.45) is 0 Å². The number of carbonyl (C=O) groups is 1. The first kappa shape index (κ1) is 19.2. The average molecular weight is 386 g/mol. The highest BCUT2D eigenvalue weighted by atomic mass is 16.1. The van der Waals surface area contributed by atoms with E-state index in [0.717, 1.165) is 43.9 Å². The Morgan fingerprint density at radius 3 is 2.21 bits per heavy atom. The van der Waals surface area contributed by atoms with Crippen molar-refractivity contribution >= 4 is 17.3 Å². The third-order valence-corrected chi connectivity index (χ3v) is 5.36. The summed E-state index contributed by atoms with van der Waals surface area (Å²) in [5.41, 5.74) is 3.97. The van der Waals surface area contributed by atoms with Crippen molar-refractivity contribution in [3.63, 3.8) is 0 Å². The average Bonchev–Trinajstić information content (AvgIpc) is 2.77. The fourth-order valence-corrected chi connectivity index (χ4v) is 3.77. The van der Waals surface area contributed by atoms with Gasteiger partial charge >= 0.3 is 0 Å². The van der Waals surface area contributed by atoms with Crippen LogP contribution >= 0.6 is 0 Å². The summed E-state index contributed by atoms with van der Waals surface area (Å²) in [4.78, 5) is 15.2. The summed E-state index contributed by atoms with van der Waals surface area (Å²) in [7, 11) is 0. The van der Waals surface area contributed by atoms with Crippen LogP contribution in [-0.2, 0) is 6.54 Å². The second-order valence-corrected chi connectivity index (χ2v) is 7.58. The number of hydrogen-bond donors (Lipinski definition) is 2. The van der Waals surface area contributed by atoms with Gasteiger partial charge in [0.1, 0.15) is 0 Å². The van der Waals surface area contributed by atoms with E-state index in [1.165, 1.54) is 5.56 Å². The number of anilines is 2. The number of para-hydroxylation sites is 1. The van der Waals surface area contributed by atoms with E-state index in [9.17, 15) is 4.79 Å². The van der Waals surface area contributed by atoms with Crippen LogP contribution in [0.3, 0.4) is 0 Å². The molecule has 1 aliphatic heterocycles. The molecule has 0 atom stereocenters. The summed E-state index contributed by atoms with van der Waals surface area (Å²) in [6, 6.07) is 28.5. The summed E-state index contributed by atoms with van der Waals surface area (Å²) in [5, 5.41) is 6.56. The molecule has 1 heterocycles. The SMILES string of the molecule is O=C(NC1CCN(Cc2ccccc2)CC1)c1cccc(Nc2ccccc2)c1. The van der Waals surface area contributed by atoms with Crippen molar-refractivity contribution in [1.82, 2.24) is 10.2 Å². The molecule has 0 saturated carbocycles. The minimum absolute atomic E-state index is 0.00298. The topological polar surface area (TPSA) is 44.4 Å². The number of likely N-dealkylation sites (tertiary alicyclic amines) is 1. The van der Waals surface area contributed by atoms with Crippen LogP contribution in [0.25, 0.3) is 0 Å². The number of nitrogens with one attached hydrogen (secondary N) is 2. The maximum Gasteiger partial charge on any atom is 0.251 e. The molecule has 148 valence electrons. The van der Waals surface area contributed by atoms with Crippen LogP contribution in [0.5, 0.6) is 0 Å². The number of piperidine rings is 1. The number of hydrogen-bond acceptors (Lipinski definition) is 3. The molecule has 0 radical (unpaired) electrons. The van der Waals surface area contributed by atoms with Gasteiger partial charge in [-0.1, -0.05) is 54.6 Å². The van der Waals surface area contributed by atoms with Crippen molar-refractivity contribution in [3.05, 3.63) is 96.1 Å². The lowest BCUT2D eigenvalue weighted by Gasteiger charge is -2.32. The fraction of sp³-hybridized carbons (Fsp3) is 0.240. The zero-order valence-corrected chi connectivity index (χ0v) is 16.6. The lowest BCUT2D eigenvalue weighted by atomic mass is 10.0. The predicted octanol–water partition coefficient (Wildman–Crippen LogP) is 4.82. The molecule has 0 aromatic heterocycles. The van der Waals surface area contributed by atoms with Crippen LogP contribution in [0.4, 0.5) is 11.4 Å². The minimum atomic E-state index is 0.00298. The van der Waals surface area contributed by atoms with Crippen molar-refractivity contribution < 1.29 is 4.79 Å². The Labute approximate surface area is 172 Å². The maximum absolute atomic E-state index is 12.7. The normalized spacial score (nSPS) is 15.0. The Balaban J connectivity index is 1.29. The second kappa shape index (κ2) is 9.39. The highest BCUT2D eigenvalue weighted by molar-refractivity contribution is 5.95. The summed E-state index contributed by atoms with van der Waals surface area (Å²) in [6.45, 7) is 3.00. The van der Waals surface area contributed by atoms with Crippen LogP contribution in [0.15, 0.2) is 84.9 Å². The van der Waals surface area contributed by atoms with Crippen LogP contribution in [0.2, 0.25) is 0 Å². The Hall–Kier alpha value is -3.11. The number of nitrogens with zero attached hydrogens (tertiary/aromatic N) is 1. The molecule has 1 amide bonds. The highest BCUT2D eigenvalue weighted by Crippen LogP contribution is 2.18. The lowest BCUT2D eigenvalue weighted by Crippen LogP contribution is -2.44. The predicted molar refractivity (Wildman–Crippen MR) is 118 cm³/mol. The van der Waals surface area contributed by atoms with E-state index in [0.29, 0.717) is 5.56 Å². The van der Waals surface area contributed by atoms with Gasteiger partial charge in [-0.05, 0) is 48.7 Å². The molecule has 1 fully saturated rings. The number of amides is 1. The van der Waals surface area contributed by atoms with Crippen molar-refractivity contribution in [2.45, 2.75) is 25.4 Å². The zero-order valence-electron chi connectivity index (χ0n) is 16.6. The monoisotopic (exact) mass is 385 g/mol. The van der Waals surface area contributed by atoms with Crippen molar-refractivity contribution in [1.29, 1.82) is 0 Å². The zero-order chi connectivity index (χ0) is 19.9. The van der Waals surface area contributed by atoms with Gasteiger partial charge in [0.15, 0.2) is 0 Å². The quantitative estimate of drug-likeness (QED) is 0.639. The summed E-state index contributed by atoms with van der Waals surface area (Å²) < 4.78 is 0. The molecule has 3 aromatic rings. The molecular formula is C25H27N3O.